The first kappa shape index (κ1) is 35.2. The summed E-state index contributed by atoms with van der Waals surface area (Å²) in [7, 11) is 0. The summed E-state index contributed by atoms with van der Waals surface area (Å²) < 4.78 is 0. The number of terminal acetylenes is 1. The van der Waals surface area contributed by atoms with Gasteiger partial charge in [-0.05, 0) is 82.0 Å². The zero-order valence-electron chi connectivity index (χ0n) is 27.1. The normalized spacial score (nSPS) is 11.4. The first-order valence-corrected chi connectivity index (χ1v) is 17.7. The first-order chi connectivity index (χ1) is 21.8. The van der Waals surface area contributed by atoms with Crippen molar-refractivity contribution in [2.45, 2.75) is 80.1 Å². The van der Waals surface area contributed by atoms with Gasteiger partial charge in [-0.3, -0.25) is 0 Å². The van der Waals surface area contributed by atoms with Gasteiger partial charge in [0.1, 0.15) is 0 Å². The molecule has 0 radical (unpaired) electrons. The van der Waals surface area contributed by atoms with Crippen LogP contribution in [-0.2, 0) is 0 Å². The summed E-state index contributed by atoms with van der Waals surface area (Å²) in [6, 6.07) is 12.1. The van der Waals surface area contributed by atoms with Gasteiger partial charge in [0.2, 0.25) is 0 Å². The van der Waals surface area contributed by atoms with Crippen LogP contribution in [0.1, 0.15) is 109 Å². The standard InChI is InChI=1S/C42H38S3/c1-8-12-15-32(5)16-21-38-28-30-41(44-38)24-19-36(14-10-3)34(7)18-23-40-29-31-42(45-40)25-20-35(13-9-2)33(6)17-22-39-27-26-37(11-4)43-39/h4,15,26-31H,8-10,12-14H2,1-3,5-7H3/b32-15-,35-33+,36-34+. The van der Waals surface area contributed by atoms with Crippen LogP contribution in [0.3, 0.4) is 0 Å². The van der Waals surface area contributed by atoms with Crippen LogP contribution in [0.25, 0.3) is 0 Å². The first-order valence-electron chi connectivity index (χ1n) is 15.3. The van der Waals surface area contributed by atoms with Gasteiger partial charge in [0.15, 0.2) is 0 Å². The molecule has 0 fully saturated rings. The molecule has 3 rings (SSSR count). The van der Waals surface area contributed by atoms with E-state index in [1.807, 2.05) is 31.2 Å². The molecule has 45 heavy (non-hydrogen) atoms. The summed E-state index contributed by atoms with van der Waals surface area (Å²) in [5.74, 6) is 35.8. The molecule has 3 aromatic heterocycles. The molecule has 0 amide bonds. The molecule has 0 nitrogen and oxygen atoms in total. The Morgan fingerprint density at radius 3 is 1.31 bits per heavy atom. The zero-order valence-corrected chi connectivity index (χ0v) is 29.5. The summed E-state index contributed by atoms with van der Waals surface area (Å²) in [5.41, 5.74) is 5.30. The Hall–Kier alpha value is -4.32. The summed E-state index contributed by atoms with van der Waals surface area (Å²) in [6.45, 7) is 12.7. The van der Waals surface area contributed by atoms with Crippen molar-refractivity contribution in [1.29, 1.82) is 0 Å². The average Bonchev–Trinajstić information content (AvgIpc) is 3.82. The van der Waals surface area contributed by atoms with Gasteiger partial charge in [0, 0.05) is 22.3 Å². The van der Waals surface area contributed by atoms with Gasteiger partial charge in [-0.1, -0.05) is 111 Å². The summed E-state index contributed by atoms with van der Waals surface area (Å²) in [6.07, 6.45) is 13.7. The molecule has 0 aliphatic carbocycles. The molecule has 224 valence electrons. The molecule has 3 aromatic rings. The van der Waals surface area contributed by atoms with Gasteiger partial charge >= 0.3 is 0 Å². The summed E-state index contributed by atoms with van der Waals surface area (Å²) in [4.78, 5) is 5.91. The molecular weight excluding hydrogens is 601 g/mol. The minimum absolute atomic E-state index is 0.894. The molecule has 0 bridgehead atoms. The Morgan fingerprint density at radius 2 is 0.933 bits per heavy atom. The van der Waals surface area contributed by atoms with E-state index in [1.54, 1.807) is 22.7 Å². The van der Waals surface area contributed by atoms with Crippen molar-refractivity contribution >= 4 is 34.0 Å². The number of hydrogen-bond donors (Lipinski definition) is 0. The lowest BCUT2D eigenvalue weighted by molar-refractivity contribution is 0.925. The van der Waals surface area contributed by atoms with Crippen LogP contribution in [0, 0.1) is 71.5 Å². The molecule has 0 aromatic carbocycles. The van der Waals surface area contributed by atoms with Crippen LogP contribution in [0.5, 0.6) is 0 Å². The molecule has 0 saturated heterocycles. The monoisotopic (exact) mass is 638 g/mol. The van der Waals surface area contributed by atoms with Crippen LogP contribution in [0.4, 0.5) is 0 Å². The predicted molar refractivity (Wildman–Crippen MR) is 199 cm³/mol. The molecule has 0 aliphatic rings. The molecule has 0 unspecified atom stereocenters. The van der Waals surface area contributed by atoms with E-state index in [1.165, 1.54) is 11.3 Å². The van der Waals surface area contributed by atoms with Gasteiger partial charge in [0.25, 0.3) is 0 Å². The number of rotatable bonds is 6. The molecular formula is C42H38S3. The highest BCUT2D eigenvalue weighted by Gasteiger charge is 2.01. The van der Waals surface area contributed by atoms with E-state index in [-0.39, 0.29) is 0 Å². The van der Waals surface area contributed by atoms with Crippen molar-refractivity contribution in [3.8, 4) is 71.5 Å². The zero-order chi connectivity index (χ0) is 32.4. The van der Waals surface area contributed by atoms with E-state index in [4.69, 9.17) is 6.42 Å². The smallest absolute Gasteiger partial charge is 0.0785 e. The molecule has 0 atom stereocenters. The highest BCUT2D eigenvalue weighted by atomic mass is 32.1. The molecule has 0 spiro atoms. The summed E-state index contributed by atoms with van der Waals surface area (Å²) in [5, 5.41) is 0. The van der Waals surface area contributed by atoms with Crippen molar-refractivity contribution in [2.75, 3.05) is 0 Å². The Balaban J connectivity index is 1.76. The lowest BCUT2D eigenvalue weighted by Gasteiger charge is -1.98. The van der Waals surface area contributed by atoms with E-state index in [0.717, 1.165) is 95.7 Å². The van der Waals surface area contributed by atoms with Crippen LogP contribution in [-0.4, -0.2) is 0 Å². The number of unbranched alkanes of at least 4 members (excludes halogenated alkanes) is 1. The molecule has 0 saturated carbocycles. The molecule has 0 N–H and O–H groups in total. The maximum Gasteiger partial charge on any atom is 0.0785 e. The predicted octanol–water partition coefficient (Wildman–Crippen LogP) is 11.0. The minimum atomic E-state index is 0.894. The van der Waals surface area contributed by atoms with E-state index in [9.17, 15) is 0 Å². The number of thiophene rings is 3. The van der Waals surface area contributed by atoms with Gasteiger partial charge in [0.05, 0.1) is 29.3 Å². The fraction of sp³-hybridized carbons (Fsp3) is 0.286. The van der Waals surface area contributed by atoms with E-state index in [0.29, 0.717) is 0 Å². The lowest BCUT2D eigenvalue weighted by Crippen LogP contribution is -1.85. The van der Waals surface area contributed by atoms with E-state index in [2.05, 4.69) is 118 Å². The maximum atomic E-state index is 5.48. The Labute approximate surface area is 283 Å². The quantitative estimate of drug-likeness (QED) is 0.236. The second-order valence-electron chi connectivity index (χ2n) is 10.3. The largest absolute Gasteiger partial charge is 0.118 e. The lowest BCUT2D eigenvalue weighted by atomic mass is 10.1. The van der Waals surface area contributed by atoms with Gasteiger partial charge in [-0.15, -0.1) is 40.4 Å². The third kappa shape index (κ3) is 12.3. The second kappa shape index (κ2) is 19.1. The molecule has 3 heteroatoms. The third-order valence-electron chi connectivity index (χ3n) is 6.41. The highest BCUT2D eigenvalue weighted by molar-refractivity contribution is 7.13. The van der Waals surface area contributed by atoms with Crippen molar-refractivity contribution in [3.63, 3.8) is 0 Å². The van der Waals surface area contributed by atoms with Gasteiger partial charge < -0.3 is 0 Å². The highest BCUT2D eigenvalue weighted by Crippen LogP contribution is 2.19. The fourth-order valence-corrected chi connectivity index (χ4v) is 6.02. The van der Waals surface area contributed by atoms with Crippen LogP contribution in [0.15, 0.2) is 70.3 Å². The summed E-state index contributed by atoms with van der Waals surface area (Å²) >= 11 is 4.79. The topological polar surface area (TPSA) is 0 Å². The van der Waals surface area contributed by atoms with E-state index < -0.39 is 0 Å². The van der Waals surface area contributed by atoms with Crippen LogP contribution < -0.4 is 0 Å². The third-order valence-corrected chi connectivity index (χ3v) is 9.17. The number of hydrogen-bond acceptors (Lipinski definition) is 3. The average molecular weight is 639 g/mol. The SMILES string of the molecule is C#Cc1ccc(C#C/C(C)=C(/C#Cc2ccc(C#C/C(C)=C(/C#Cc3ccc(C#C/C(C)=C\CCC)s3)CCC)s2)CCC)s1. The minimum Gasteiger partial charge on any atom is -0.118 e. The number of allylic oxidation sites excluding steroid dienone is 6. The Kier molecular flexibility index (Phi) is 15.0. The van der Waals surface area contributed by atoms with Crippen LogP contribution in [0.2, 0.25) is 0 Å². The van der Waals surface area contributed by atoms with Crippen molar-refractivity contribution in [2.24, 2.45) is 0 Å². The molecule has 0 aliphatic heterocycles. The second-order valence-corrected chi connectivity index (χ2v) is 13.5. The van der Waals surface area contributed by atoms with Crippen molar-refractivity contribution in [1.82, 2.24) is 0 Å². The van der Waals surface area contributed by atoms with Gasteiger partial charge in [-0.2, -0.15) is 0 Å². The Bertz CT molecular complexity index is 1940. The van der Waals surface area contributed by atoms with Crippen molar-refractivity contribution in [3.05, 3.63) is 99.6 Å². The maximum absolute atomic E-state index is 5.48. The van der Waals surface area contributed by atoms with Crippen LogP contribution >= 0.6 is 34.0 Å². The fourth-order valence-electron chi connectivity index (χ4n) is 3.92. The van der Waals surface area contributed by atoms with E-state index >= 15 is 0 Å². The van der Waals surface area contributed by atoms with Gasteiger partial charge in [-0.25, -0.2) is 0 Å². The Morgan fingerprint density at radius 1 is 0.556 bits per heavy atom. The van der Waals surface area contributed by atoms with Crippen molar-refractivity contribution < 1.29 is 0 Å². The molecule has 3 heterocycles.